The van der Waals surface area contributed by atoms with Crippen LogP contribution in [0.25, 0.3) is 0 Å². The molecule has 9 nitrogen and oxygen atoms in total. The van der Waals surface area contributed by atoms with Crippen LogP contribution in [0.1, 0.15) is 25.5 Å². The van der Waals surface area contributed by atoms with Crippen LogP contribution in [0.3, 0.4) is 0 Å². The molecule has 0 saturated carbocycles. The Bertz CT molecular complexity index is 1010. The van der Waals surface area contributed by atoms with Gasteiger partial charge in [-0.05, 0) is 37.0 Å². The molecule has 2 aromatic rings. The third-order valence-electron chi connectivity index (χ3n) is 4.69. The second-order valence-electron chi connectivity index (χ2n) is 6.93. The van der Waals surface area contributed by atoms with Crippen molar-refractivity contribution in [3.63, 3.8) is 0 Å². The van der Waals surface area contributed by atoms with E-state index in [2.05, 4.69) is 0 Å². The van der Waals surface area contributed by atoms with Crippen LogP contribution in [0.5, 0.6) is 11.5 Å². The molecule has 0 aliphatic carbocycles. The third kappa shape index (κ3) is 4.07. The van der Waals surface area contributed by atoms with Crippen LogP contribution in [-0.2, 0) is 10.0 Å². The maximum absolute atomic E-state index is 12.9. The smallest absolute Gasteiger partial charge is 0.312 e. The van der Waals surface area contributed by atoms with Crippen molar-refractivity contribution in [2.75, 3.05) is 13.1 Å². The van der Waals surface area contributed by atoms with Crippen LogP contribution >= 0.6 is 0 Å². The fourth-order valence-corrected chi connectivity index (χ4v) is 4.74. The summed E-state index contributed by atoms with van der Waals surface area (Å²) in [6.07, 6.45) is 2.86. The summed E-state index contributed by atoms with van der Waals surface area (Å²) in [6.45, 7) is 4.37. The summed E-state index contributed by atoms with van der Waals surface area (Å²) in [7, 11) is -3.83. The zero-order valence-corrected chi connectivity index (χ0v) is 16.4. The van der Waals surface area contributed by atoms with E-state index in [0.717, 1.165) is 25.1 Å². The molecule has 1 fully saturated rings. The van der Waals surface area contributed by atoms with Gasteiger partial charge in [0.15, 0.2) is 11.4 Å². The fourth-order valence-electron chi connectivity index (χ4n) is 3.12. The molecule has 150 valence electrons. The molecular weight excluding hydrogens is 386 g/mol. The maximum Gasteiger partial charge on any atom is 0.312 e. The number of nitro benzene ring substituents is 1. The quantitative estimate of drug-likeness (QED) is 0.326. The molecule has 0 amide bonds. The van der Waals surface area contributed by atoms with E-state index in [1.54, 1.807) is 6.92 Å². The number of aryl methyl sites for hydroxylation is 1. The van der Waals surface area contributed by atoms with E-state index in [1.165, 1.54) is 28.6 Å². The number of aromatic nitrogens is 1. The molecule has 1 aromatic heterocycles. The number of ether oxygens (including phenoxy) is 1. The number of hydrogen-bond acceptors (Lipinski definition) is 6. The van der Waals surface area contributed by atoms with Gasteiger partial charge in [0.1, 0.15) is 0 Å². The molecule has 28 heavy (non-hydrogen) atoms. The van der Waals surface area contributed by atoms with Crippen molar-refractivity contribution < 1.29 is 22.8 Å². The first-order chi connectivity index (χ1) is 13.2. The minimum absolute atomic E-state index is 0.115. The zero-order valence-electron chi connectivity index (χ0n) is 15.6. The number of hydrogen-bond donors (Lipinski definition) is 0. The number of pyridine rings is 1. The van der Waals surface area contributed by atoms with E-state index < -0.39 is 20.6 Å². The molecule has 1 aromatic carbocycles. The van der Waals surface area contributed by atoms with E-state index in [0.29, 0.717) is 23.5 Å². The van der Waals surface area contributed by atoms with Gasteiger partial charge in [0.05, 0.1) is 9.82 Å². The molecule has 0 radical (unpaired) electrons. The van der Waals surface area contributed by atoms with Gasteiger partial charge in [0, 0.05) is 32.1 Å². The van der Waals surface area contributed by atoms with Crippen molar-refractivity contribution in [1.82, 2.24) is 4.31 Å². The highest BCUT2D eigenvalue weighted by Crippen LogP contribution is 2.34. The van der Waals surface area contributed by atoms with Crippen LogP contribution in [-0.4, -0.2) is 30.7 Å². The lowest BCUT2D eigenvalue weighted by atomic mass is 10.0. The summed E-state index contributed by atoms with van der Waals surface area (Å²) in [6, 6.07) is 6.56. The van der Waals surface area contributed by atoms with Crippen molar-refractivity contribution in [1.29, 1.82) is 0 Å². The molecule has 0 unspecified atom stereocenters. The van der Waals surface area contributed by atoms with Crippen molar-refractivity contribution >= 4 is 15.7 Å². The van der Waals surface area contributed by atoms with Gasteiger partial charge in [0.25, 0.3) is 0 Å². The number of sulfonamides is 1. The van der Waals surface area contributed by atoms with Gasteiger partial charge in [-0.25, -0.2) is 8.42 Å². The fraction of sp³-hybridized carbons (Fsp3) is 0.389. The van der Waals surface area contributed by atoms with Gasteiger partial charge in [-0.15, -0.1) is 0 Å². The predicted molar refractivity (Wildman–Crippen MR) is 100 cm³/mol. The summed E-state index contributed by atoms with van der Waals surface area (Å²) in [4.78, 5) is 10.6. The number of nitro groups is 1. The minimum Gasteiger partial charge on any atom is -0.618 e. The molecule has 1 saturated heterocycles. The van der Waals surface area contributed by atoms with Crippen LogP contribution in [0, 0.1) is 28.2 Å². The molecule has 0 spiro atoms. The lowest BCUT2D eigenvalue weighted by Gasteiger charge is -2.30. The van der Waals surface area contributed by atoms with Crippen molar-refractivity contribution in [3.05, 3.63) is 57.5 Å². The second kappa shape index (κ2) is 7.72. The largest absolute Gasteiger partial charge is 0.618 e. The average Bonchev–Trinajstić information content (AvgIpc) is 2.64. The molecule has 0 bridgehead atoms. The van der Waals surface area contributed by atoms with Crippen LogP contribution < -0.4 is 9.47 Å². The van der Waals surface area contributed by atoms with Gasteiger partial charge in [-0.1, -0.05) is 6.92 Å². The second-order valence-corrected chi connectivity index (χ2v) is 8.87. The van der Waals surface area contributed by atoms with E-state index in [9.17, 15) is 23.7 Å². The molecule has 1 aliphatic rings. The Balaban J connectivity index is 1.94. The monoisotopic (exact) mass is 407 g/mol. The Morgan fingerprint density at radius 2 is 2.04 bits per heavy atom. The normalized spacial score (nSPS) is 18.0. The topological polar surface area (TPSA) is 117 Å². The first kappa shape index (κ1) is 20.0. The number of piperidine rings is 1. The van der Waals surface area contributed by atoms with Crippen LogP contribution in [0.4, 0.5) is 5.69 Å². The Labute approximate surface area is 163 Å². The first-order valence-electron chi connectivity index (χ1n) is 8.85. The van der Waals surface area contributed by atoms with Gasteiger partial charge < -0.3 is 9.94 Å². The Kier molecular flexibility index (Phi) is 5.52. The van der Waals surface area contributed by atoms with Gasteiger partial charge >= 0.3 is 5.69 Å². The van der Waals surface area contributed by atoms with Gasteiger partial charge in [-0.3, -0.25) is 10.1 Å². The summed E-state index contributed by atoms with van der Waals surface area (Å²) in [5, 5.41) is 23.1. The number of nitrogens with zero attached hydrogens (tertiary/aromatic N) is 3. The Morgan fingerprint density at radius 3 is 2.68 bits per heavy atom. The summed E-state index contributed by atoms with van der Waals surface area (Å²) < 4.78 is 33.2. The van der Waals surface area contributed by atoms with E-state index in [-0.39, 0.29) is 22.3 Å². The summed E-state index contributed by atoms with van der Waals surface area (Å²) >= 11 is 0. The SMILES string of the molecule is Cc1ccc(Oc2ccc(S(=O)(=O)N3CCC[C@@H](C)C3)cc2[N+](=O)[O-])c[n+]1[O-]. The Hall–Kier alpha value is -2.72. The molecule has 3 rings (SSSR count). The van der Waals surface area contributed by atoms with Crippen LogP contribution in [0.2, 0.25) is 0 Å². The van der Waals surface area contributed by atoms with E-state index in [4.69, 9.17) is 4.74 Å². The summed E-state index contributed by atoms with van der Waals surface area (Å²) in [5.74, 6) is 0.213. The van der Waals surface area contributed by atoms with Crippen molar-refractivity contribution in [3.8, 4) is 11.5 Å². The summed E-state index contributed by atoms with van der Waals surface area (Å²) in [5.41, 5.74) is -0.0387. The van der Waals surface area contributed by atoms with Crippen LogP contribution in [0.15, 0.2) is 41.4 Å². The highest BCUT2D eigenvalue weighted by Gasteiger charge is 2.31. The third-order valence-corrected chi connectivity index (χ3v) is 6.55. The first-order valence-corrected chi connectivity index (χ1v) is 10.3. The molecule has 1 aliphatic heterocycles. The van der Waals surface area contributed by atoms with E-state index >= 15 is 0 Å². The van der Waals surface area contributed by atoms with Gasteiger partial charge in [-0.2, -0.15) is 9.04 Å². The lowest BCUT2D eigenvalue weighted by molar-refractivity contribution is -0.612. The number of benzene rings is 1. The number of rotatable bonds is 5. The van der Waals surface area contributed by atoms with Gasteiger partial charge in [0.2, 0.25) is 22.0 Å². The molecule has 2 heterocycles. The molecular formula is C18H21N3O6S. The Morgan fingerprint density at radius 1 is 1.29 bits per heavy atom. The average molecular weight is 407 g/mol. The van der Waals surface area contributed by atoms with Crippen molar-refractivity contribution in [2.24, 2.45) is 5.92 Å². The maximum atomic E-state index is 12.9. The predicted octanol–water partition coefficient (Wildman–Crippen LogP) is 2.75. The molecule has 1 atom stereocenters. The lowest BCUT2D eigenvalue weighted by Crippen LogP contribution is -2.39. The van der Waals surface area contributed by atoms with E-state index in [1.807, 2.05) is 6.92 Å². The zero-order chi connectivity index (χ0) is 20.5. The molecule has 0 N–H and O–H groups in total. The van der Waals surface area contributed by atoms with Crippen molar-refractivity contribution in [2.45, 2.75) is 31.6 Å². The highest BCUT2D eigenvalue weighted by molar-refractivity contribution is 7.89. The standard InChI is InChI=1S/C18H21N3O6S/c1-13-4-3-9-19(11-13)28(25,26)16-7-8-18(17(10-16)21(23)24)27-15-6-5-14(2)20(22)12-15/h5-8,10,12-13H,3-4,9,11H2,1-2H3/t13-/m1/s1. The highest BCUT2D eigenvalue weighted by atomic mass is 32.2. The minimum atomic E-state index is -3.83. The molecule has 10 heteroatoms.